The van der Waals surface area contributed by atoms with Gasteiger partial charge in [-0.2, -0.15) is 13.2 Å². The molecule has 0 aliphatic heterocycles. The van der Waals surface area contributed by atoms with Gasteiger partial charge in [-0.15, -0.1) is 0 Å². The van der Waals surface area contributed by atoms with E-state index in [0.717, 1.165) is 12.1 Å². The lowest BCUT2D eigenvalue weighted by Gasteiger charge is -2.31. The molecule has 1 heterocycles. The van der Waals surface area contributed by atoms with Gasteiger partial charge in [0.1, 0.15) is 11.6 Å². The molecule has 0 radical (unpaired) electrons. The van der Waals surface area contributed by atoms with Crippen LogP contribution in [0.4, 0.5) is 24.8 Å². The Morgan fingerprint density at radius 3 is 2.10 bits per heavy atom. The Morgan fingerprint density at radius 2 is 1.70 bits per heavy atom. The van der Waals surface area contributed by atoms with E-state index in [9.17, 15) is 18.3 Å². The number of anilines is 2. The highest BCUT2D eigenvalue weighted by atomic mass is 19.4. The maximum Gasteiger partial charge on any atom is 0.416 e. The van der Waals surface area contributed by atoms with Gasteiger partial charge < -0.3 is 15.7 Å². The molecular formula is C13H20F3N3O. The smallest absolute Gasteiger partial charge is 0.394 e. The van der Waals surface area contributed by atoms with Crippen LogP contribution in [-0.2, 0) is 6.18 Å². The zero-order valence-corrected chi connectivity index (χ0v) is 11.8. The third kappa shape index (κ3) is 3.75. The summed E-state index contributed by atoms with van der Waals surface area (Å²) in [6.07, 6.45) is -3.29. The van der Waals surface area contributed by atoms with E-state index in [1.807, 2.05) is 13.8 Å². The quantitative estimate of drug-likeness (QED) is 0.754. The van der Waals surface area contributed by atoms with Crippen LogP contribution in [0.15, 0.2) is 12.1 Å². The van der Waals surface area contributed by atoms with E-state index in [1.54, 1.807) is 0 Å². The topological polar surface area (TPSA) is 57.2 Å². The van der Waals surface area contributed by atoms with Crippen LogP contribution in [0.3, 0.4) is 0 Å². The van der Waals surface area contributed by atoms with Gasteiger partial charge in [0.2, 0.25) is 0 Å². The van der Waals surface area contributed by atoms with E-state index in [1.165, 1.54) is 7.05 Å². The summed E-state index contributed by atoms with van der Waals surface area (Å²) in [5.41, 5.74) is -1.44. The number of nitrogens with one attached hydrogen (secondary N) is 2. The van der Waals surface area contributed by atoms with Crippen molar-refractivity contribution in [3.63, 3.8) is 0 Å². The Balaban J connectivity index is 3.18. The van der Waals surface area contributed by atoms with Gasteiger partial charge in [-0.05, 0) is 25.0 Å². The minimum Gasteiger partial charge on any atom is -0.394 e. The van der Waals surface area contributed by atoms with Crippen molar-refractivity contribution < 1.29 is 18.3 Å². The molecular weight excluding hydrogens is 271 g/mol. The molecule has 1 aromatic heterocycles. The molecule has 3 N–H and O–H groups in total. The van der Waals surface area contributed by atoms with Gasteiger partial charge in [0.15, 0.2) is 0 Å². The fourth-order valence-corrected chi connectivity index (χ4v) is 1.85. The van der Waals surface area contributed by atoms with Crippen molar-refractivity contribution in [2.24, 2.45) is 0 Å². The molecule has 0 aromatic carbocycles. The monoisotopic (exact) mass is 291 g/mol. The van der Waals surface area contributed by atoms with Crippen molar-refractivity contribution in [2.75, 3.05) is 24.3 Å². The molecule has 0 unspecified atom stereocenters. The molecule has 0 amide bonds. The van der Waals surface area contributed by atoms with Crippen LogP contribution in [0.2, 0.25) is 0 Å². The van der Waals surface area contributed by atoms with Gasteiger partial charge >= 0.3 is 6.18 Å². The van der Waals surface area contributed by atoms with Crippen molar-refractivity contribution in [3.8, 4) is 0 Å². The van der Waals surface area contributed by atoms with Crippen LogP contribution in [0.1, 0.15) is 32.3 Å². The van der Waals surface area contributed by atoms with E-state index in [2.05, 4.69) is 15.6 Å². The Kier molecular flexibility index (Phi) is 5.21. The number of alkyl halides is 3. The molecule has 114 valence electrons. The third-order valence-electron chi connectivity index (χ3n) is 3.46. The van der Waals surface area contributed by atoms with Gasteiger partial charge in [0.25, 0.3) is 0 Å². The number of hydrogen-bond acceptors (Lipinski definition) is 4. The van der Waals surface area contributed by atoms with Crippen LogP contribution < -0.4 is 10.6 Å². The van der Waals surface area contributed by atoms with Gasteiger partial charge in [0.05, 0.1) is 17.7 Å². The van der Waals surface area contributed by atoms with Crippen molar-refractivity contribution in [1.82, 2.24) is 4.98 Å². The summed E-state index contributed by atoms with van der Waals surface area (Å²) in [7, 11) is 1.51. The van der Waals surface area contributed by atoms with E-state index in [4.69, 9.17) is 0 Å². The minimum atomic E-state index is -4.44. The summed E-state index contributed by atoms with van der Waals surface area (Å²) < 4.78 is 38.5. The number of aromatic nitrogens is 1. The fraction of sp³-hybridized carbons (Fsp3) is 0.615. The Bertz CT molecular complexity index is 437. The third-order valence-corrected chi connectivity index (χ3v) is 3.46. The molecule has 0 spiro atoms. The summed E-state index contributed by atoms with van der Waals surface area (Å²) in [4.78, 5) is 4.06. The average Bonchev–Trinajstić information content (AvgIpc) is 2.43. The predicted octanol–water partition coefficient (Wildman–Crippen LogP) is 3.11. The van der Waals surface area contributed by atoms with Crippen molar-refractivity contribution >= 4 is 11.6 Å². The first-order valence-electron chi connectivity index (χ1n) is 6.46. The molecule has 0 bridgehead atoms. The molecule has 0 fully saturated rings. The lowest BCUT2D eigenvalue weighted by molar-refractivity contribution is -0.137. The highest BCUT2D eigenvalue weighted by molar-refractivity contribution is 5.50. The van der Waals surface area contributed by atoms with Gasteiger partial charge in [0, 0.05) is 7.05 Å². The van der Waals surface area contributed by atoms with Crippen LogP contribution >= 0.6 is 0 Å². The van der Waals surface area contributed by atoms with Crippen LogP contribution in [0, 0.1) is 0 Å². The van der Waals surface area contributed by atoms with Crippen molar-refractivity contribution in [1.29, 1.82) is 0 Å². The Morgan fingerprint density at radius 1 is 1.15 bits per heavy atom. The highest BCUT2D eigenvalue weighted by Gasteiger charge is 2.33. The lowest BCUT2D eigenvalue weighted by atomic mass is 9.94. The molecule has 1 rings (SSSR count). The van der Waals surface area contributed by atoms with E-state index < -0.39 is 17.3 Å². The maximum absolute atomic E-state index is 12.8. The van der Waals surface area contributed by atoms with Gasteiger partial charge in [-0.1, -0.05) is 13.8 Å². The molecule has 7 heteroatoms. The fourth-order valence-electron chi connectivity index (χ4n) is 1.85. The van der Waals surface area contributed by atoms with Crippen LogP contribution in [0.5, 0.6) is 0 Å². The molecule has 0 atom stereocenters. The number of hydrogen-bond donors (Lipinski definition) is 3. The van der Waals surface area contributed by atoms with Gasteiger partial charge in [-0.25, -0.2) is 4.98 Å². The number of pyridine rings is 1. The SMILES string of the molecule is CCC(CC)(CO)Nc1cc(C(F)(F)F)cc(NC)n1. The second-order valence-corrected chi connectivity index (χ2v) is 4.64. The maximum atomic E-state index is 12.8. The average molecular weight is 291 g/mol. The zero-order valence-electron chi connectivity index (χ0n) is 11.8. The summed E-state index contributed by atoms with van der Waals surface area (Å²) in [5, 5.41) is 15.0. The standard InChI is InChI=1S/C13H20F3N3O/c1-4-12(5-2,8-20)19-11-7-9(13(14,15)16)6-10(17-3)18-11/h6-7,20H,4-5,8H2,1-3H3,(H2,17,18,19). The van der Waals surface area contributed by atoms with Crippen molar-refractivity contribution in [2.45, 2.75) is 38.4 Å². The van der Waals surface area contributed by atoms with Crippen LogP contribution in [0.25, 0.3) is 0 Å². The summed E-state index contributed by atoms with van der Waals surface area (Å²) in [6, 6.07) is 1.90. The van der Waals surface area contributed by atoms with Gasteiger partial charge in [-0.3, -0.25) is 0 Å². The van der Waals surface area contributed by atoms with Crippen molar-refractivity contribution in [3.05, 3.63) is 17.7 Å². The molecule has 0 saturated carbocycles. The molecule has 20 heavy (non-hydrogen) atoms. The molecule has 1 aromatic rings. The first-order valence-corrected chi connectivity index (χ1v) is 6.46. The molecule has 0 aliphatic rings. The minimum absolute atomic E-state index is 0.0990. The highest BCUT2D eigenvalue weighted by Crippen LogP contribution is 2.33. The molecule has 0 aliphatic carbocycles. The number of aliphatic hydroxyl groups is 1. The first kappa shape index (κ1) is 16.6. The lowest BCUT2D eigenvalue weighted by Crippen LogP contribution is -2.41. The summed E-state index contributed by atoms with van der Waals surface area (Å²) in [5.74, 6) is 0.225. The number of aliphatic hydroxyl groups excluding tert-OH is 1. The first-order chi connectivity index (χ1) is 9.30. The summed E-state index contributed by atoms with van der Waals surface area (Å²) in [6.45, 7) is 3.55. The predicted molar refractivity (Wildman–Crippen MR) is 72.8 cm³/mol. The molecule has 4 nitrogen and oxygen atoms in total. The second kappa shape index (κ2) is 6.30. The molecule has 0 saturated heterocycles. The van der Waals surface area contributed by atoms with Crippen LogP contribution in [-0.4, -0.2) is 29.3 Å². The largest absolute Gasteiger partial charge is 0.416 e. The Hall–Kier alpha value is -1.50. The number of halogens is 3. The second-order valence-electron chi connectivity index (χ2n) is 4.64. The van der Waals surface area contributed by atoms with E-state index in [-0.39, 0.29) is 18.2 Å². The summed E-state index contributed by atoms with van der Waals surface area (Å²) >= 11 is 0. The Labute approximate surface area is 116 Å². The van der Waals surface area contributed by atoms with E-state index >= 15 is 0 Å². The normalized spacial score (nSPS) is 12.3. The number of rotatable bonds is 6. The zero-order chi connectivity index (χ0) is 15.4. The number of nitrogens with zero attached hydrogens (tertiary/aromatic N) is 1. The van der Waals surface area contributed by atoms with E-state index in [0.29, 0.717) is 12.8 Å².